The summed E-state index contributed by atoms with van der Waals surface area (Å²) >= 11 is 6.33. The standard InChI is InChI=1S/C12H16N4O3S2/c1-6(2)5-15-8(17)7(3)21-11(15)13-16-10(19)9(18)14(4)12(16)20/h7,10,19H,1,5H2,2-4H3. The predicted molar refractivity (Wildman–Crippen MR) is 84.2 cm³/mol. The molecule has 2 unspecified atom stereocenters. The van der Waals surface area contributed by atoms with Crippen LogP contribution in [0, 0.1) is 0 Å². The first-order valence-electron chi connectivity index (χ1n) is 6.24. The van der Waals surface area contributed by atoms with Crippen molar-refractivity contribution in [2.45, 2.75) is 25.3 Å². The molecule has 2 aliphatic rings. The number of amides is 2. The minimum absolute atomic E-state index is 0.0824. The lowest BCUT2D eigenvalue weighted by atomic mass is 10.3. The smallest absolute Gasteiger partial charge is 0.280 e. The molecule has 2 aliphatic heterocycles. The molecular weight excluding hydrogens is 312 g/mol. The van der Waals surface area contributed by atoms with Gasteiger partial charge in [-0.05, 0) is 26.1 Å². The molecule has 0 aromatic carbocycles. The Bertz CT molecular complexity index is 563. The summed E-state index contributed by atoms with van der Waals surface area (Å²) in [4.78, 5) is 26.4. The molecule has 114 valence electrons. The molecule has 7 nitrogen and oxygen atoms in total. The summed E-state index contributed by atoms with van der Waals surface area (Å²) in [5, 5.41) is 15.3. The molecule has 0 radical (unpaired) electrons. The van der Waals surface area contributed by atoms with Crippen molar-refractivity contribution in [3.63, 3.8) is 0 Å². The molecule has 2 heterocycles. The van der Waals surface area contributed by atoms with Gasteiger partial charge in [0.25, 0.3) is 5.91 Å². The Morgan fingerprint density at radius 2 is 2.10 bits per heavy atom. The van der Waals surface area contributed by atoms with E-state index < -0.39 is 12.1 Å². The van der Waals surface area contributed by atoms with Crippen LogP contribution >= 0.6 is 24.0 Å². The van der Waals surface area contributed by atoms with Gasteiger partial charge in [0.05, 0.1) is 5.25 Å². The molecular formula is C12H16N4O3S2. The van der Waals surface area contributed by atoms with E-state index in [0.717, 1.165) is 15.5 Å². The van der Waals surface area contributed by atoms with Gasteiger partial charge in [-0.1, -0.05) is 23.9 Å². The monoisotopic (exact) mass is 328 g/mol. The van der Waals surface area contributed by atoms with Crippen LogP contribution in [0.2, 0.25) is 0 Å². The summed E-state index contributed by atoms with van der Waals surface area (Å²) in [6, 6.07) is 0. The van der Waals surface area contributed by atoms with Gasteiger partial charge in [0.15, 0.2) is 5.17 Å². The number of thiocarbonyl (C=S) groups is 1. The van der Waals surface area contributed by atoms with Crippen molar-refractivity contribution < 1.29 is 14.7 Å². The first kappa shape index (κ1) is 15.9. The number of carbonyl (C=O) groups is 2. The molecule has 0 aromatic rings. The second-order valence-electron chi connectivity index (χ2n) is 4.92. The van der Waals surface area contributed by atoms with Crippen molar-refractivity contribution in [3.8, 4) is 0 Å². The lowest BCUT2D eigenvalue weighted by Crippen LogP contribution is -2.36. The molecule has 0 saturated carbocycles. The number of aliphatic hydroxyl groups is 1. The van der Waals surface area contributed by atoms with Gasteiger partial charge in [0, 0.05) is 13.6 Å². The molecule has 21 heavy (non-hydrogen) atoms. The van der Waals surface area contributed by atoms with E-state index in [4.69, 9.17) is 12.2 Å². The molecule has 0 aliphatic carbocycles. The highest BCUT2D eigenvalue weighted by Gasteiger charge is 2.42. The number of hydrogen-bond donors (Lipinski definition) is 1. The zero-order chi connectivity index (χ0) is 15.9. The van der Waals surface area contributed by atoms with E-state index in [-0.39, 0.29) is 16.3 Å². The number of thioether (sulfide) groups is 1. The van der Waals surface area contributed by atoms with Crippen LogP contribution in [0.4, 0.5) is 0 Å². The normalized spacial score (nSPS) is 28.3. The van der Waals surface area contributed by atoms with Crippen LogP contribution in [0.5, 0.6) is 0 Å². The number of likely N-dealkylation sites (N-methyl/N-ethyl adjacent to an activating group) is 1. The minimum atomic E-state index is -1.45. The topological polar surface area (TPSA) is 76.5 Å². The lowest BCUT2D eigenvalue weighted by molar-refractivity contribution is -0.136. The molecule has 2 saturated heterocycles. The average Bonchev–Trinajstić information content (AvgIpc) is 2.77. The number of amidine groups is 1. The molecule has 2 amide bonds. The van der Waals surface area contributed by atoms with E-state index in [0.29, 0.717) is 11.7 Å². The zero-order valence-corrected chi connectivity index (χ0v) is 13.6. The summed E-state index contributed by atoms with van der Waals surface area (Å²) in [5.74, 6) is -0.626. The first-order chi connectivity index (χ1) is 9.73. The number of rotatable bonds is 3. The van der Waals surface area contributed by atoms with Crippen molar-refractivity contribution >= 4 is 46.1 Å². The van der Waals surface area contributed by atoms with Gasteiger partial charge in [0.2, 0.25) is 17.2 Å². The molecule has 0 aromatic heterocycles. The van der Waals surface area contributed by atoms with Gasteiger partial charge >= 0.3 is 0 Å². The van der Waals surface area contributed by atoms with Crippen LogP contribution < -0.4 is 0 Å². The van der Waals surface area contributed by atoms with E-state index in [1.807, 2.05) is 6.92 Å². The van der Waals surface area contributed by atoms with Gasteiger partial charge in [-0.2, -0.15) is 5.01 Å². The van der Waals surface area contributed by atoms with E-state index in [9.17, 15) is 14.7 Å². The van der Waals surface area contributed by atoms with Gasteiger partial charge in [0.1, 0.15) is 0 Å². The quantitative estimate of drug-likeness (QED) is 0.588. The van der Waals surface area contributed by atoms with Crippen molar-refractivity contribution in [1.29, 1.82) is 0 Å². The van der Waals surface area contributed by atoms with Crippen molar-refractivity contribution in [1.82, 2.24) is 14.8 Å². The molecule has 2 fully saturated rings. The molecule has 0 spiro atoms. The molecule has 0 bridgehead atoms. The van der Waals surface area contributed by atoms with Gasteiger partial charge in [-0.3, -0.25) is 19.4 Å². The van der Waals surface area contributed by atoms with Gasteiger partial charge in [-0.15, -0.1) is 5.10 Å². The fraction of sp³-hybridized carbons (Fsp3) is 0.500. The maximum absolute atomic E-state index is 12.1. The van der Waals surface area contributed by atoms with Gasteiger partial charge in [-0.25, -0.2) is 0 Å². The maximum Gasteiger partial charge on any atom is 0.280 e. The van der Waals surface area contributed by atoms with Crippen LogP contribution in [0.25, 0.3) is 0 Å². The maximum atomic E-state index is 12.1. The number of hydrogen-bond acceptors (Lipinski definition) is 6. The molecule has 1 N–H and O–H groups in total. The Balaban J connectivity index is 2.30. The summed E-state index contributed by atoms with van der Waals surface area (Å²) in [6.45, 7) is 7.72. The zero-order valence-electron chi connectivity index (χ0n) is 11.9. The fourth-order valence-corrected chi connectivity index (χ4v) is 3.09. The summed E-state index contributed by atoms with van der Waals surface area (Å²) < 4.78 is 0. The lowest BCUT2D eigenvalue weighted by Gasteiger charge is -2.19. The van der Waals surface area contributed by atoms with E-state index in [1.54, 1.807) is 6.92 Å². The number of hydrazone groups is 1. The number of nitrogens with zero attached hydrogens (tertiary/aromatic N) is 4. The van der Waals surface area contributed by atoms with Crippen LogP contribution in [-0.2, 0) is 9.59 Å². The summed E-state index contributed by atoms with van der Waals surface area (Å²) in [5.41, 5.74) is 0.809. The number of aliphatic hydroxyl groups excluding tert-OH is 1. The fourth-order valence-electron chi connectivity index (χ4n) is 1.90. The SMILES string of the molecule is C=C(C)CN1C(=O)C(C)SC1=NN1C(=S)N(C)C(=O)C1O. The Labute approximate surface area is 132 Å². The third kappa shape index (κ3) is 2.81. The third-order valence-corrected chi connectivity index (χ3v) is 4.54. The van der Waals surface area contributed by atoms with E-state index in [2.05, 4.69) is 11.7 Å². The van der Waals surface area contributed by atoms with Crippen molar-refractivity contribution in [3.05, 3.63) is 12.2 Å². The minimum Gasteiger partial charge on any atom is -0.364 e. The van der Waals surface area contributed by atoms with Crippen LogP contribution in [0.15, 0.2) is 17.3 Å². The largest absolute Gasteiger partial charge is 0.364 e. The van der Waals surface area contributed by atoms with E-state index in [1.165, 1.54) is 23.7 Å². The second-order valence-corrected chi connectivity index (χ2v) is 6.60. The third-order valence-electron chi connectivity index (χ3n) is 3.01. The molecule has 2 atom stereocenters. The second kappa shape index (κ2) is 5.74. The Morgan fingerprint density at radius 3 is 2.57 bits per heavy atom. The first-order valence-corrected chi connectivity index (χ1v) is 7.52. The average molecular weight is 328 g/mol. The Kier molecular flexibility index (Phi) is 4.35. The highest BCUT2D eigenvalue weighted by molar-refractivity contribution is 8.15. The van der Waals surface area contributed by atoms with Crippen LogP contribution in [0.1, 0.15) is 13.8 Å². The van der Waals surface area contributed by atoms with Crippen molar-refractivity contribution in [2.24, 2.45) is 5.10 Å². The van der Waals surface area contributed by atoms with Crippen LogP contribution in [0.3, 0.4) is 0 Å². The van der Waals surface area contributed by atoms with Gasteiger partial charge < -0.3 is 5.11 Å². The molecule has 2 rings (SSSR count). The highest BCUT2D eigenvalue weighted by Crippen LogP contribution is 2.29. The summed E-state index contributed by atoms with van der Waals surface area (Å²) in [6.07, 6.45) is -1.45. The Hall–Kier alpha value is -1.45. The predicted octanol–water partition coefficient (Wildman–Crippen LogP) is 0.175. The number of carbonyl (C=O) groups excluding carboxylic acids is 2. The molecule has 9 heteroatoms. The summed E-state index contributed by atoms with van der Waals surface area (Å²) in [7, 11) is 1.47. The highest BCUT2D eigenvalue weighted by atomic mass is 32.2. The Morgan fingerprint density at radius 1 is 1.48 bits per heavy atom. The van der Waals surface area contributed by atoms with Crippen molar-refractivity contribution in [2.75, 3.05) is 13.6 Å². The van der Waals surface area contributed by atoms with E-state index >= 15 is 0 Å². The van der Waals surface area contributed by atoms with Crippen LogP contribution in [-0.4, -0.2) is 67.1 Å².